The number of nitrogens with zero attached hydrogens (tertiary/aromatic N) is 1. The topological polar surface area (TPSA) is 40.5 Å². The second kappa shape index (κ2) is 5.33. The van der Waals surface area contributed by atoms with E-state index in [9.17, 15) is 9.18 Å². The summed E-state index contributed by atoms with van der Waals surface area (Å²) in [4.78, 5) is 12.5. The van der Waals surface area contributed by atoms with Crippen LogP contribution in [0.5, 0.6) is 0 Å². The standard InChI is InChI=1S/C16H16FNO2/c1-10-4-6-14(11(2)8-10)18(3)15-7-5-12(16(19)20)9-13(15)17/h4-9H,1-3H3,(H,19,20). The number of carbonyl (C=O) groups is 1. The molecule has 0 saturated heterocycles. The lowest BCUT2D eigenvalue weighted by Crippen LogP contribution is -2.13. The number of anilines is 2. The lowest BCUT2D eigenvalue weighted by molar-refractivity contribution is 0.0696. The van der Waals surface area contributed by atoms with Crippen molar-refractivity contribution in [1.29, 1.82) is 0 Å². The van der Waals surface area contributed by atoms with Gasteiger partial charge in [-0.1, -0.05) is 17.7 Å². The van der Waals surface area contributed by atoms with Gasteiger partial charge in [0.15, 0.2) is 0 Å². The van der Waals surface area contributed by atoms with Gasteiger partial charge >= 0.3 is 5.97 Å². The minimum absolute atomic E-state index is 0.0553. The average molecular weight is 273 g/mol. The summed E-state index contributed by atoms with van der Waals surface area (Å²) < 4.78 is 14.1. The fourth-order valence-corrected chi connectivity index (χ4v) is 2.22. The van der Waals surface area contributed by atoms with Crippen LogP contribution in [0.25, 0.3) is 0 Å². The zero-order valence-electron chi connectivity index (χ0n) is 11.6. The SMILES string of the molecule is Cc1ccc(N(C)c2ccc(C(=O)O)cc2F)c(C)c1. The van der Waals surface area contributed by atoms with Crippen molar-refractivity contribution in [2.45, 2.75) is 13.8 Å². The van der Waals surface area contributed by atoms with E-state index in [2.05, 4.69) is 0 Å². The van der Waals surface area contributed by atoms with Crippen LogP contribution in [-0.4, -0.2) is 18.1 Å². The third kappa shape index (κ3) is 2.64. The molecule has 0 atom stereocenters. The van der Waals surface area contributed by atoms with Crippen LogP contribution in [0, 0.1) is 19.7 Å². The highest BCUT2D eigenvalue weighted by Crippen LogP contribution is 2.29. The van der Waals surface area contributed by atoms with E-state index in [1.165, 1.54) is 12.1 Å². The molecule has 0 spiro atoms. The first kappa shape index (κ1) is 14.1. The maximum absolute atomic E-state index is 14.1. The molecule has 4 heteroatoms. The van der Waals surface area contributed by atoms with Crippen molar-refractivity contribution in [3.05, 3.63) is 58.9 Å². The summed E-state index contributed by atoms with van der Waals surface area (Å²) in [6.07, 6.45) is 0. The van der Waals surface area contributed by atoms with Gasteiger partial charge in [-0.2, -0.15) is 0 Å². The molecular weight excluding hydrogens is 257 g/mol. The molecule has 2 rings (SSSR count). The van der Waals surface area contributed by atoms with Crippen molar-refractivity contribution in [1.82, 2.24) is 0 Å². The van der Waals surface area contributed by atoms with Gasteiger partial charge in [0.1, 0.15) is 5.82 Å². The molecule has 0 bridgehead atoms. The lowest BCUT2D eigenvalue weighted by Gasteiger charge is -2.22. The number of aromatic carboxylic acids is 1. The Morgan fingerprint density at radius 1 is 1.10 bits per heavy atom. The monoisotopic (exact) mass is 273 g/mol. The molecule has 104 valence electrons. The second-order valence-corrected chi connectivity index (χ2v) is 4.82. The van der Waals surface area contributed by atoms with Gasteiger partial charge in [0.2, 0.25) is 0 Å². The molecule has 1 N–H and O–H groups in total. The Kier molecular flexibility index (Phi) is 3.74. The molecule has 20 heavy (non-hydrogen) atoms. The van der Waals surface area contributed by atoms with E-state index in [1.54, 1.807) is 11.9 Å². The molecule has 0 saturated carbocycles. The highest BCUT2D eigenvalue weighted by atomic mass is 19.1. The fourth-order valence-electron chi connectivity index (χ4n) is 2.22. The second-order valence-electron chi connectivity index (χ2n) is 4.82. The van der Waals surface area contributed by atoms with Gasteiger partial charge in [-0.05, 0) is 43.7 Å². The quantitative estimate of drug-likeness (QED) is 0.921. The minimum atomic E-state index is -1.13. The molecular formula is C16H16FNO2. The van der Waals surface area contributed by atoms with Crippen LogP contribution in [0.3, 0.4) is 0 Å². The zero-order valence-corrected chi connectivity index (χ0v) is 11.6. The fraction of sp³-hybridized carbons (Fsp3) is 0.188. The molecule has 2 aromatic rings. The summed E-state index contributed by atoms with van der Waals surface area (Å²) in [7, 11) is 1.76. The van der Waals surface area contributed by atoms with Crippen LogP contribution in [-0.2, 0) is 0 Å². The third-order valence-corrected chi connectivity index (χ3v) is 3.27. The predicted octanol–water partition coefficient (Wildman–Crippen LogP) is 3.91. The van der Waals surface area contributed by atoms with E-state index in [0.29, 0.717) is 5.69 Å². The van der Waals surface area contributed by atoms with Gasteiger partial charge in [0.05, 0.1) is 11.3 Å². The van der Waals surface area contributed by atoms with Gasteiger partial charge < -0.3 is 10.0 Å². The van der Waals surface area contributed by atoms with Gasteiger partial charge in [-0.3, -0.25) is 0 Å². The molecule has 3 nitrogen and oxygen atoms in total. The number of carboxylic acid groups (broad SMARTS) is 1. The summed E-state index contributed by atoms with van der Waals surface area (Å²) in [6, 6.07) is 9.84. The first-order valence-electron chi connectivity index (χ1n) is 6.24. The molecule has 0 aliphatic heterocycles. The predicted molar refractivity (Wildman–Crippen MR) is 77.3 cm³/mol. The third-order valence-electron chi connectivity index (χ3n) is 3.27. The molecule has 0 radical (unpaired) electrons. The molecule has 2 aromatic carbocycles. The molecule has 0 aromatic heterocycles. The number of halogens is 1. The maximum Gasteiger partial charge on any atom is 0.335 e. The normalized spacial score (nSPS) is 10.4. The number of hydrogen-bond acceptors (Lipinski definition) is 2. The van der Waals surface area contributed by atoms with E-state index in [4.69, 9.17) is 5.11 Å². The van der Waals surface area contributed by atoms with Crippen LogP contribution in [0.4, 0.5) is 15.8 Å². The van der Waals surface area contributed by atoms with E-state index >= 15 is 0 Å². The largest absolute Gasteiger partial charge is 0.478 e. The van der Waals surface area contributed by atoms with E-state index < -0.39 is 11.8 Å². The summed E-state index contributed by atoms with van der Waals surface area (Å²) in [5, 5.41) is 8.85. The number of aryl methyl sites for hydroxylation is 2. The maximum atomic E-state index is 14.1. The number of carboxylic acids is 1. The van der Waals surface area contributed by atoms with E-state index in [0.717, 1.165) is 22.9 Å². The molecule has 0 heterocycles. The van der Waals surface area contributed by atoms with Crippen LogP contribution in [0.1, 0.15) is 21.5 Å². The van der Waals surface area contributed by atoms with Crippen molar-refractivity contribution < 1.29 is 14.3 Å². The Balaban J connectivity index is 2.43. The summed E-state index contributed by atoms with van der Waals surface area (Å²) in [6.45, 7) is 3.96. The molecule has 0 fully saturated rings. The molecule has 0 aliphatic carbocycles. The Bertz CT molecular complexity index is 668. The Labute approximate surface area is 117 Å². The highest BCUT2D eigenvalue weighted by molar-refractivity contribution is 5.88. The smallest absolute Gasteiger partial charge is 0.335 e. The first-order chi connectivity index (χ1) is 9.40. The van der Waals surface area contributed by atoms with Crippen molar-refractivity contribution >= 4 is 17.3 Å². The number of rotatable bonds is 3. The Morgan fingerprint density at radius 3 is 2.30 bits per heavy atom. The lowest BCUT2D eigenvalue weighted by atomic mass is 10.1. The zero-order chi connectivity index (χ0) is 14.9. The Hall–Kier alpha value is -2.36. The summed E-state index contributed by atoms with van der Waals surface area (Å²) >= 11 is 0. The number of benzene rings is 2. The summed E-state index contributed by atoms with van der Waals surface area (Å²) in [5.74, 6) is -1.68. The van der Waals surface area contributed by atoms with Crippen LogP contribution in [0.15, 0.2) is 36.4 Å². The molecule has 0 aliphatic rings. The van der Waals surface area contributed by atoms with Gasteiger partial charge in [-0.25, -0.2) is 9.18 Å². The van der Waals surface area contributed by atoms with Crippen LogP contribution < -0.4 is 4.90 Å². The van der Waals surface area contributed by atoms with Crippen LogP contribution >= 0.6 is 0 Å². The average Bonchev–Trinajstić information content (AvgIpc) is 2.37. The van der Waals surface area contributed by atoms with Crippen molar-refractivity contribution in [3.63, 3.8) is 0 Å². The first-order valence-corrected chi connectivity index (χ1v) is 6.24. The molecule has 0 unspecified atom stereocenters. The van der Waals surface area contributed by atoms with Gasteiger partial charge in [-0.15, -0.1) is 0 Å². The minimum Gasteiger partial charge on any atom is -0.478 e. The van der Waals surface area contributed by atoms with Crippen LogP contribution in [0.2, 0.25) is 0 Å². The van der Waals surface area contributed by atoms with Gasteiger partial charge in [0.25, 0.3) is 0 Å². The van der Waals surface area contributed by atoms with Crippen molar-refractivity contribution in [2.24, 2.45) is 0 Å². The summed E-state index contributed by atoms with van der Waals surface area (Å²) in [5.41, 5.74) is 3.36. The number of hydrogen-bond donors (Lipinski definition) is 1. The van der Waals surface area contributed by atoms with Gasteiger partial charge in [0, 0.05) is 12.7 Å². The van der Waals surface area contributed by atoms with Crippen molar-refractivity contribution in [3.8, 4) is 0 Å². The highest BCUT2D eigenvalue weighted by Gasteiger charge is 2.14. The van der Waals surface area contributed by atoms with E-state index in [1.807, 2.05) is 32.0 Å². The van der Waals surface area contributed by atoms with E-state index in [-0.39, 0.29) is 5.56 Å². The Morgan fingerprint density at radius 2 is 1.75 bits per heavy atom. The van der Waals surface area contributed by atoms with Crippen molar-refractivity contribution in [2.75, 3.05) is 11.9 Å². The molecule has 0 amide bonds.